The molecule has 37 heavy (non-hydrogen) atoms. The van der Waals surface area contributed by atoms with Crippen LogP contribution in [-0.4, -0.2) is 43.0 Å². The van der Waals surface area contributed by atoms with Crippen molar-refractivity contribution < 1.29 is 19.1 Å². The lowest BCUT2D eigenvalue weighted by atomic mass is 9.75. The molecular weight excluding hydrogens is 488 g/mol. The van der Waals surface area contributed by atoms with Crippen LogP contribution in [0.15, 0.2) is 60.7 Å². The molecule has 2 unspecified atom stereocenters. The number of rotatable bonds is 8. The molecule has 2 amide bonds. The van der Waals surface area contributed by atoms with Crippen molar-refractivity contribution in [2.75, 3.05) is 26.3 Å². The molecule has 1 N–H and O–H groups in total. The van der Waals surface area contributed by atoms with Gasteiger partial charge in [-0.15, -0.1) is 0 Å². The van der Waals surface area contributed by atoms with Crippen molar-refractivity contribution >= 4 is 23.4 Å². The fourth-order valence-corrected chi connectivity index (χ4v) is 5.57. The fourth-order valence-electron chi connectivity index (χ4n) is 5.44. The lowest BCUT2D eigenvalue weighted by Crippen LogP contribution is -2.50. The van der Waals surface area contributed by atoms with Crippen LogP contribution in [0.1, 0.15) is 58.4 Å². The first-order valence-corrected chi connectivity index (χ1v) is 13.2. The first kappa shape index (κ1) is 25.2. The summed E-state index contributed by atoms with van der Waals surface area (Å²) in [5.74, 6) is 0.665. The quantitative estimate of drug-likeness (QED) is 0.437. The molecule has 0 fully saturated rings. The molecule has 192 valence electrons. The van der Waals surface area contributed by atoms with Crippen LogP contribution in [0.5, 0.6) is 11.5 Å². The summed E-state index contributed by atoms with van der Waals surface area (Å²) in [5.41, 5.74) is 4.48. The van der Waals surface area contributed by atoms with Crippen molar-refractivity contribution in [3.8, 4) is 11.5 Å². The van der Waals surface area contributed by atoms with E-state index < -0.39 is 12.0 Å². The van der Waals surface area contributed by atoms with Crippen molar-refractivity contribution in [2.24, 2.45) is 0 Å². The lowest BCUT2D eigenvalue weighted by molar-refractivity contribution is -0.124. The minimum Gasteiger partial charge on any atom is -0.490 e. The SMILES string of the molecule is CCOc1cc2c(cc1OCC)C1C(C(=O)NCCc3ccc(Cl)cc3)c3ccccc3C(=O)N1CC2. The number of carbonyl (C=O) groups is 2. The third-order valence-corrected chi connectivity index (χ3v) is 7.35. The Morgan fingerprint density at radius 1 is 1.00 bits per heavy atom. The molecule has 3 aromatic carbocycles. The summed E-state index contributed by atoms with van der Waals surface area (Å²) in [6.45, 7) is 5.92. The van der Waals surface area contributed by atoms with E-state index in [9.17, 15) is 9.59 Å². The molecule has 6 nitrogen and oxygen atoms in total. The number of benzene rings is 3. The molecule has 0 spiro atoms. The Hall–Kier alpha value is -3.51. The number of halogens is 1. The van der Waals surface area contributed by atoms with Gasteiger partial charge >= 0.3 is 0 Å². The highest BCUT2D eigenvalue weighted by Crippen LogP contribution is 2.48. The Balaban J connectivity index is 1.51. The summed E-state index contributed by atoms with van der Waals surface area (Å²) in [7, 11) is 0. The maximum Gasteiger partial charge on any atom is 0.254 e. The number of nitrogens with one attached hydrogen (secondary N) is 1. The van der Waals surface area contributed by atoms with Crippen LogP contribution in [0.4, 0.5) is 0 Å². The second-order valence-electron chi connectivity index (χ2n) is 9.29. The Morgan fingerprint density at radius 3 is 2.43 bits per heavy atom. The van der Waals surface area contributed by atoms with Crippen molar-refractivity contribution in [3.05, 3.63) is 93.5 Å². The maximum atomic E-state index is 13.8. The summed E-state index contributed by atoms with van der Waals surface area (Å²) >= 11 is 6.00. The highest BCUT2D eigenvalue weighted by Gasteiger charge is 2.46. The molecule has 2 aliphatic rings. The predicted octanol–water partition coefficient (Wildman–Crippen LogP) is 5.33. The van der Waals surface area contributed by atoms with Gasteiger partial charge in [0.05, 0.1) is 25.2 Å². The summed E-state index contributed by atoms with van der Waals surface area (Å²) in [6, 6.07) is 18.7. The van der Waals surface area contributed by atoms with Crippen molar-refractivity contribution in [2.45, 2.75) is 38.6 Å². The van der Waals surface area contributed by atoms with Crippen LogP contribution in [0, 0.1) is 0 Å². The maximum absolute atomic E-state index is 13.8. The first-order chi connectivity index (χ1) is 18.0. The number of amides is 2. The van der Waals surface area contributed by atoms with E-state index in [2.05, 4.69) is 5.32 Å². The normalized spacial score (nSPS) is 17.9. The lowest BCUT2D eigenvalue weighted by Gasteiger charge is -2.45. The van der Waals surface area contributed by atoms with E-state index in [4.69, 9.17) is 21.1 Å². The topological polar surface area (TPSA) is 67.9 Å². The number of hydrogen-bond acceptors (Lipinski definition) is 4. The molecule has 2 atom stereocenters. The number of hydrogen-bond donors (Lipinski definition) is 1. The molecule has 0 aromatic heterocycles. The van der Waals surface area contributed by atoms with Gasteiger partial charge in [0.1, 0.15) is 0 Å². The van der Waals surface area contributed by atoms with E-state index in [0.717, 1.165) is 22.3 Å². The third-order valence-electron chi connectivity index (χ3n) is 7.09. The van der Waals surface area contributed by atoms with E-state index in [0.29, 0.717) is 61.2 Å². The summed E-state index contributed by atoms with van der Waals surface area (Å²) in [6.07, 6.45) is 1.38. The monoisotopic (exact) mass is 518 g/mol. The second-order valence-corrected chi connectivity index (χ2v) is 9.73. The smallest absolute Gasteiger partial charge is 0.254 e. The van der Waals surface area contributed by atoms with Gasteiger partial charge in [-0.3, -0.25) is 9.59 Å². The average molecular weight is 519 g/mol. The van der Waals surface area contributed by atoms with Crippen molar-refractivity contribution in [1.82, 2.24) is 10.2 Å². The molecule has 0 saturated carbocycles. The standard InChI is InChI=1S/C30H31ClN2O4/c1-3-36-25-17-20-14-16-33-28(24(20)18-26(25)37-4-2)27(22-7-5-6-8-23(22)30(33)35)29(34)32-15-13-19-9-11-21(31)12-10-19/h5-12,17-18,27-28H,3-4,13-16H2,1-2H3,(H,32,34). The van der Waals surface area contributed by atoms with Gasteiger partial charge in [0.25, 0.3) is 5.91 Å². The van der Waals surface area contributed by atoms with Crippen molar-refractivity contribution in [3.63, 3.8) is 0 Å². The molecule has 0 aliphatic carbocycles. The van der Waals surface area contributed by atoms with Gasteiger partial charge in [-0.1, -0.05) is 41.9 Å². The number of ether oxygens (including phenoxy) is 2. The zero-order valence-electron chi connectivity index (χ0n) is 21.1. The Morgan fingerprint density at radius 2 is 1.70 bits per heavy atom. The van der Waals surface area contributed by atoms with Crippen LogP contribution in [0.3, 0.4) is 0 Å². The van der Waals surface area contributed by atoms with Gasteiger partial charge < -0.3 is 19.7 Å². The Kier molecular flexibility index (Phi) is 7.38. The zero-order valence-corrected chi connectivity index (χ0v) is 21.9. The minimum absolute atomic E-state index is 0.0386. The molecule has 2 heterocycles. The van der Waals surface area contributed by atoms with E-state index in [-0.39, 0.29) is 11.8 Å². The molecule has 0 bridgehead atoms. The average Bonchev–Trinajstić information content (AvgIpc) is 2.90. The number of carbonyl (C=O) groups excluding carboxylic acids is 2. The van der Waals surface area contributed by atoms with Crippen molar-refractivity contribution in [1.29, 1.82) is 0 Å². The Labute approximate surface area is 222 Å². The number of nitrogens with zero attached hydrogens (tertiary/aromatic N) is 1. The molecule has 2 aliphatic heterocycles. The zero-order chi connectivity index (χ0) is 25.9. The molecule has 0 radical (unpaired) electrons. The first-order valence-electron chi connectivity index (χ1n) is 12.9. The van der Waals surface area contributed by atoms with Crippen LogP contribution in [0.25, 0.3) is 0 Å². The van der Waals surface area contributed by atoms with E-state index in [1.54, 1.807) is 0 Å². The Bertz CT molecular complexity index is 1310. The molecule has 0 saturated heterocycles. The predicted molar refractivity (Wildman–Crippen MR) is 144 cm³/mol. The van der Waals surface area contributed by atoms with E-state index >= 15 is 0 Å². The van der Waals surface area contributed by atoms with Crippen LogP contribution >= 0.6 is 11.6 Å². The van der Waals surface area contributed by atoms with Gasteiger partial charge in [-0.25, -0.2) is 0 Å². The number of fused-ring (bicyclic) bond motifs is 4. The van der Waals surface area contributed by atoms with Gasteiger partial charge in [-0.2, -0.15) is 0 Å². The van der Waals surface area contributed by atoms with Gasteiger partial charge in [0, 0.05) is 23.7 Å². The largest absolute Gasteiger partial charge is 0.490 e. The van der Waals surface area contributed by atoms with Crippen LogP contribution in [0.2, 0.25) is 5.02 Å². The third kappa shape index (κ3) is 4.90. The van der Waals surface area contributed by atoms with Gasteiger partial charge in [0.15, 0.2) is 11.5 Å². The fraction of sp³-hybridized carbons (Fsp3) is 0.333. The summed E-state index contributed by atoms with van der Waals surface area (Å²) in [4.78, 5) is 29.2. The minimum atomic E-state index is -0.536. The van der Waals surface area contributed by atoms with Crippen LogP contribution < -0.4 is 14.8 Å². The van der Waals surface area contributed by atoms with Crippen LogP contribution in [-0.2, 0) is 17.6 Å². The molecular formula is C30H31ClN2O4. The highest BCUT2D eigenvalue weighted by molar-refractivity contribution is 6.30. The summed E-state index contributed by atoms with van der Waals surface area (Å²) in [5, 5.41) is 3.83. The van der Waals surface area contributed by atoms with E-state index in [1.807, 2.05) is 79.4 Å². The van der Waals surface area contributed by atoms with Gasteiger partial charge in [0.2, 0.25) is 5.91 Å². The second kappa shape index (κ2) is 10.9. The molecule has 7 heteroatoms. The highest BCUT2D eigenvalue weighted by atomic mass is 35.5. The van der Waals surface area contributed by atoms with E-state index in [1.165, 1.54) is 0 Å². The molecule has 3 aromatic rings. The molecule has 5 rings (SSSR count). The summed E-state index contributed by atoms with van der Waals surface area (Å²) < 4.78 is 11.8. The van der Waals surface area contributed by atoms with Gasteiger partial charge in [-0.05, 0) is 79.3 Å².